The van der Waals surface area contributed by atoms with Crippen molar-refractivity contribution in [1.29, 1.82) is 0 Å². The molecule has 0 unspecified atom stereocenters. The van der Waals surface area contributed by atoms with Gasteiger partial charge in [0.05, 0.1) is 17.4 Å². The van der Waals surface area contributed by atoms with Crippen molar-refractivity contribution in [3.8, 4) is 5.75 Å². The molecule has 0 aliphatic heterocycles. The first-order valence-electron chi connectivity index (χ1n) is 8.49. The molecule has 26 heavy (non-hydrogen) atoms. The van der Waals surface area contributed by atoms with Crippen LogP contribution in [-0.4, -0.2) is 20.3 Å². The zero-order valence-corrected chi connectivity index (χ0v) is 16.5. The molecule has 1 aromatic heterocycles. The van der Waals surface area contributed by atoms with Gasteiger partial charge in [-0.1, -0.05) is 39.0 Å². The summed E-state index contributed by atoms with van der Waals surface area (Å²) in [5.41, 5.74) is 2.36. The second-order valence-electron chi connectivity index (χ2n) is 7.78. The Morgan fingerprint density at radius 3 is 2.35 bits per heavy atom. The molecule has 3 aromatic rings. The second kappa shape index (κ2) is 6.68. The smallest absolute Gasteiger partial charge is 0.268 e. The lowest BCUT2D eigenvalue weighted by atomic mass is 9.87. The Hall–Kier alpha value is -2.47. The Morgan fingerprint density at radius 2 is 1.69 bits per heavy atom. The van der Waals surface area contributed by atoms with Crippen LogP contribution in [0.3, 0.4) is 0 Å². The molecule has 0 atom stereocenters. The van der Waals surface area contributed by atoms with Gasteiger partial charge in [0.15, 0.2) is 5.60 Å². The third kappa shape index (κ3) is 3.85. The standard InChI is InChI=1S/C20H23N3O2S/c1-19(2,3)13-9-11-14(12-10-13)25-20(4,5)18(24)21-15-7-6-8-16-17(15)23-26-22-16/h6-12H,1-5H3,(H,21,24). The highest BCUT2D eigenvalue weighted by molar-refractivity contribution is 7.00. The summed E-state index contributed by atoms with van der Waals surface area (Å²) in [4.78, 5) is 12.7. The van der Waals surface area contributed by atoms with E-state index in [9.17, 15) is 4.79 Å². The van der Waals surface area contributed by atoms with Gasteiger partial charge in [0, 0.05) is 0 Å². The fourth-order valence-electron chi connectivity index (χ4n) is 2.54. The minimum atomic E-state index is -1.03. The van der Waals surface area contributed by atoms with Crippen molar-refractivity contribution in [3.63, 3.8) is 0 Å². The summed E-state index contributed by atoms with van der Waals surface area (Å²) in [6.07, 6.45) is 0. The highest BCUT2D eigenvalue weighted by Crippen LogP contribution is 2.27. The van der Waals surface area contributed by atoms with E-state index < -0.39 is 5.60 Å². The Bertz CT molecular complexity index is 924. The number of carbonyl (C=O) groups excluding carboxylic acids is 1. The molecular formula is C20H23N3O2S. The van der Waals surface area contributed by atoms with Gasteiger partial charge in [0.1, 0.15) is 16.8 Å². The highest BCUT2D eigenvalue weighted by Gasteiger charge is 2.30. The number of hydrogen-bond acceptors (Lipinski definition) is 5. The van der Waals surface area contributed by atoms with Gasteiger partial charge < -0.3 is 10.1 Å². The van der Waals surface area contributed by atoms with Crippen LogP contribution in [0.2, 0.25) is 0 Å². The van der Waals surface area contributed by atoms with E-state index in [1.54, 1.807) is 13.8 Å². The molecule has 1 N–H and O–H groups in total. The predicted molar refractivity (Wildman–Crippen MR) is 106 cm³/mol. The second-order valence-corrected chi connectivity index (χ2v) is 8.31. The van der Waals surface area contributed by atoms with Crippen molar-refractivity contribution in [2.75, 3.05) is 5.32 Å². The average Bonchev–Trinajstić information content (AvgIpc) is 3.03. The van der Waals surface area contributed by atoms with Gasteiger partial charge in [-0.15, -0.1) is 0 Å². The third-order valence-electron chi connectivity index (χ3n) is 4.17. The number of aromatic nitrogens is 2. The van der Waals surface area contributed by atoms with Crippen LogP contribution >= 0.6 is 11.7 Å². The number of nitrogens with zero attached hydrogens (tertiary/aromatic N) is 2. The summed E-state index contributed by atoms with van der Waals surface area (Å²) in [5, 5.41) is 2.91. The van der Waals surface area contributed by atoms with Crippen molar-refractivity contribution in [2.45, 2.75) is 45.6 Å². The fourth-order valence-corrected chi connectivity index (χ4v) is 3.09. The topological polar surface area (TPSA) is 64.1 Å². The SMILES string of the molecule is CC(C)(Oc1ccc(C(C)(C)C)cc1)C(=O)Nc1cccc2nsnc12. The molecule has 0 aliphatic carbocycles. The van der Waals surface area contributed by atoms with Gasteiger partial charge in [0.2, 0.25) is 0 Å². The van der Waals surface area contributed by atoms with Crippen LogP contribution in [0.4, 0.5) is 5.69 Å². The largest absolute Gasteiger partial charge is 0.478 e. The number of anilines is 1. The van der Waals surface area contributed by atoms with Crippen molar-refractivity contribution in [1.82, 2.24) is 8.75 Å². The van der Waals surface area contributed by atoms with Crippen LogP contribution in [0.5, 0.6) is 5.75 Å². The first-order valence-corrected chi connectivity index (χ1v) is 9.22. The number of benzene rings is 2. The fraction of sp³-hybridized carbons (Fsp3) is 0.350. The summed E-state index contributed by atoms with van der Waals surface area (Å²) in [6, 6.07) is 13.4. The van der Waals surface area contributed by atoms with Crippen molar-refractivity contribution in [3.05, 3.63) is 48.0 Å². The lowest BCUT2D eigenvalue weighted by molar-refractivity contribution is -0.128. The maximum atomic E-state index is 12.7. The minimum Gasteiger partial charge on any atom is -0.478 e. The summed E-state index contributed by atoms with van der Waals surface area (Å²) < 4.78 is 14.4. The van der Waals surface area contributed by atoms with Crippen LogP contribution in [-0.2, 0) is 10.2 Å². The van der Waals surface area contributed by atoms with E-state index in [4.69, 9.17) is 4.74 Å². The number of carbonyl (C=O) groups is 1. The lowest BCUT2D eigenvalue weighted by Gasteiger charge is -2.26. The van der Waals surface area contributed by atoms with E-state index in [1.165, 1.54) is 5.56 Å². The van der Waals surface area contributed by atoms with Crippen LogP contribution in [0.1, 0.15) is 40.2 Å². The van der Waals surface area contributed by atoms with Crippen molar-refractivity contribution >= 4 is 34.4 Å². The first kappa shape index (κ1) is 18.3. The zero-order chi connectivity index (χ0) is 18.9. The highest BCUT2D eigenvalue weighted by atomic mass is 32.1. The molecule has 0 saturated heterocycles. The Morgan fingerprint density at radius 1 is 1.00 bits per heavy atom. The molecule has 3 rings (SSSR count). The Kier molecular flexibility index (Phi) is 4.71. The number of nitrogens with one attached hydrogen (secondary N) is 1. The van der Waals surface area contributed by atoms with Crippen LogP contribution in [0, 0.1) is 0 Å². The van der Waals surface area contributed by atoms with Crippen molar-refractivity contribution < 1.29 is 9.53 Å². The molecule has 136 valence electrons. The van der Waals surface area contributed by atoms with Crippen LogP contribution in [0.15, 0.2) is 42.5 Å². The van der Waals surface area contributed by atoms with Crippen LogP contribution < -0.4 is 10.1 Å². The molecule has 0 radical (unpaired) electrons. The van der Waals surface area contributed by atoms with Gasteiger partial charge in [-0.05, 0) is 49.1 Å². The van der Waals surface area contributed by atoms with Gasteiger partial charge in [-0.3, -0.25) is 4.79 Å². The van der Waals surface area contributed by atoms with E-state index in [1.807, 2.05) is 42.5 Å². The normalized spacial score (nSPS) is 12.2. The molecule has 0 spiro atoms. The summed E-state index contributed by atoms with van der Waals surface area (Å²) in [7, 11) is 0. The van der Waals surface area contributed by atoms with E-state index in [0.29, 0.717) is 17.0 Å². The third-order valence-corrected chi connectivity index (χ3v) is 4.72. The minimum absolute atomic E-state index is 0.0751. The molecule has 0 aliphatic rings. The van der Waals surface area contributed by atoms with Gasteiger partial charge in [-0.25, -0.2) is 0 Å². The van der Waals surface area contributed by atoms with Gasteiger partial charge in [0.25, 0.3) is 5.91 Å². The number of amides is 1. The van der Waals surface area contributed by atoms with Gasteiger partial charge in [-0.2, -0.15) is 8.75 Å². The van der Waals surface area contributed by atoms with Gasteiger partial charge >= 0.3 is 0 Å². The molecule has 0 bridgehead atoms. The van der Waals surface area contributed by atoms with E-state index in [2.05, 4.69) is 34.8 Å². The quantitative estimate of drug-likeness (QED) is 0.718. The molecular weight excluding hydrogens is 346 g/mol. The molecule has 6 heteroatoms. The zero-order valence-electron chi connectivity index (χ0n) is 15.7. The predicted octanol–water partition coefficient (Wildman–Crippen LogP) is 4.78. The summed E-state index contributed by atoms with van der Waals surface area (Å²) in [5.74, 6) is 0.421. The maximum Gasteiger partial charge on any atom is 0.268 e. The number of fused-ring (bicyclic) bond motifs is 1. The monoisotopic (exact) mass is 369 g/mol. The molecule has 0 saturated carbocycles. The number of hydrogen-bond donors (Lipinski definition) is 1. The average molecular weight is 369 g/mol. The summed E-state index contributed by atoms with van der Waals surface area (Å²) in [6.45, 7) is 9.98. The Labute approximate surface area is 157 Å². The number of ether oxygens (including phenoxy) is 1. The molecule has 1 amide bonds. The maximum absolute atomic E-state index is 12.7. The van der Waals surface area contributed by atoms with Crippen molar-refractivity contribution in [2.24, 2.45) is 0 Å². The Balaban J connectivity index is 1.75. The molecule has 5 nitrogen and oxygen atoms in total. The number of rotatable bonds is 4. The first-order chi connectivity index (χ1) is 12.2. The van der Waals surface area contributed by atoms with E-state index >= 15 is 0 Å². The lowest BCUT2D eigenvalue weighted by Crippen LogP contribution is -2.42. The molecule has 0 fully saturated rings. The summed E-state index contributed by atoms with van der Waals surface area (Å²) >= 11 is 1.12. The molecule has 2 aromatic carbocycles. The van der Waals surface area contributed by atoms with E-state index in [-0.39, 0.29) is 11.3 Å². The van der Waals surface area contributed by atoms with E-state index in [0.717, 1.165) is 17.2 Å². The molecule has 1 heterocycles. The van der Waals surface area contributed by atoms with Crippen LogP contribution in [0.25, 0.3) is 11.0 Å².